The summed E-state index contributed by atoms with van der Waals surface area (Å²) in [6.45, 7) is 3.79. The molecule has 1 unspecified atom stereocenters. The Balaban J connectivity index is 1.96. The second kappa shape index (κ2) is 7.93. The van der Waals surface area contributed by atoms with Gasteiger partial charge >= 0.3 is 0 Å². The molecule has 1 aromatic carbocycles. The van der Waals surface area contributed by atoms with Crippen molar-refractivity contribution in [2.75, 3.05) is 24.7 Å². The van der Waals surface area contributed by atoms with Crippen molar-refractivity contribution in [3.8, 4) is 22.1 Å². The van der Waals surface area contributed by atoms with Crippen molar-refractivity contribution >= 4 is 33.1 Å². The summed E-state index contributed by atoms with van der Waals surface area (Å²) in [5, 5.41) is 0.499. The molecule has 2 aromatic heterocycles. The van der Waals surface area contributed by atoms with Gasteiger partial charge in [0.05, 0.1) is 36.7 Å². The molecular formula is C18H20N4O3S2. The molecule has 2 heterocycles. The summed E-state index contributed by atoms with van der Waals surface area (Å²) >= 11 is 1.39. The van der Waals surface area contributed by atoms with Gasteiger partial charge in [-0.2, -0.15) is 0 Å². The molecule has 0 radical (unpaired) electrons. The van der Waals surface area contributed by atoms with Gasteiger partial charge in [-0.1, -0.05) is 11.3 Å². The molecule has 0 aliphatic carbocycles. The van der Waals surface area contributed by atoms with Crippen LogP contribution < -0.4 is 19.9 Å². The molecule has 0 bridgehead atoms. The first-order chi connectivity index (χ1) is 12.9. The molecule has 9 heteroatoms. The number of nitrogens with zero attached hydrogens (tertiary/aromatic N) is 2. The van der Waals surface area contributed by atoms with Crippen LogP contribution in [0, 0.1) is 13.8 Å². The zero-order chi connectivity index (χ0) is 19.6. The highest BCUT2D eigenvalue weighted by molar-refractivity contribution is 7.86. The van der Waals surface area contributed by atoms with Crippen LogP contribution in [0.15, 0.2) is 35.4 Å². The lowest BCUT2D eigenvalue weighted by atomic mass is 10.1. The molecule has 0 amide bonds. The topological polar surface area (TPSA) is 99.4 Å². The number of pyridine rings is 1. The highest BCUT2D eigenvalue weighted by Crippen LogP contribution is 2.35. The third-order valence-corrected chi connectivity index (χ3v) is 6.10. The van der Waals surface area contributed by atoms with Crippen LogP contribution in [-0.4, -0.2) is 28.4 Å². The first-order valence-electron chi connectivity index (χ1n) is 8.03. The molecule has 0 saturated carbocycles. The summed E-state index contributed by atoms with van der Waals surface area (Å²) in [6, 6.07) is 7.29. The van der Waals surface area contributed by atoms with Gasteiger partial charge in [0.1, 0.15) is 10.6 Å². The van der Waals surface area contributed by atoms with Crippen LogP contribution in [0.3, 0.4) is 0 Å². The molecule has 3 N–H and O–H groups in total. The van der Waals surface area contributed by atoms with E-state index in [2.05, 4.69) is 14.7 Å². The summed E-state index contributed by atoms with van der Waals surface area (Å²) < 4.78 is 26.5. The third-order valence-electron chi connectivity index (χ3n) is 3.94. The molecule has 1 atom stereocenters. The maximum Gasteiger partial charge on any atom is 0.213 e. The Morgan fingerprint density at radius 2 is 1.96 bits per heavy atom. The van der Waals surface area contributed by atoms with Crippen LogP contribution in [-0.2, 0) is 11.0 Å². The number of aromatic nitrogens is 2. The highest BCUT2D eigenvalue weighted by atomic mass is 32.2. The monoisotopic (exact) mass is 404 g/mol. The predicted octanol–water partition coefficient (Wildman–Crippen LogP) is 3.56. The van der Waals surface area contributed by atoms with E-state index < -0.39 is 11.0 Å². The van der Waals surface area contributed by atoms with E-state index in [4.69, 9.17) is 15.2 Å². The van der Waals surface area contributed by atoms with Gasteiger partial charge in [-0.25, -0.2) is 14.2 Å². The first-order valence-corrected chi connectivity index (χ1v) is 10.00. The number of nitrogens with two attached hydrogens (primary N) is 1. The largest absolute Gasteiger partial charge is 0.495 e. The molecule has 7 nitrogen and oxygen atoms in total. The van der Waals surface area contributed by atoms with E-state index in [1.165, 1.54) is 11.3 Å². The second-order valence-electron chi connectivity index (χ2n) is 5.74. The minimum absolute atomic E-state index is 0.499. The van der Waals surface area contributed by atoms with Gasteiger partial charge in [-0.15, -0.1) is 0 Å². The summed E-state index contributed by atoms with van der Waals surface area (Å²) in [7, 11) is 1.55. The van der Waals surface area contributed by atoms with Crippen LogP contribution in [0.1, 0.15) is 11.3 Å². The number of rotatable bonds is 6. The van der Waals surface area contributed by atoms with Crippen molar-refractivity contribution in [2.45, 2.75) is 18.7 Å². The van der Waals surface area contributed by atoms with Gasteiger partial charge in [0.15, 0.2) is 16.1 Å². The van der Waals surface area contributed by atoms with E-state index in [1.54, 1.807) is 32.5 Å². The van der Waals surface area contributed by atoms with E-state index >= 15 is 0 Å². The number of aryl methyl sites for hydroxylation is 2. The van der Waals surface area contributed by atoms with E-state index in [9.17, 15) is 4.21 Å². The molecule has 0 saturated heterocycles. The Labute approximate surface area is 164 Å². The predicted molar refractivity (Wildman–Crippen MR) is 109 cm³/mol. The highest BCUT2D eigenvalue weighted by Gasteiger charge is 2.16. The lowest BCUT2D eigenvalue weighted by Crippen LogP contribution is -2.08. The van der Waals surface area contributed by atoms with E-state index in [0.717, 1.165) is 21.7 Å². The Morgan fingerprint density at radius 3 is 2.56 bits per heavy atom. The van der Waals surface area contributed by atoms with Gasteiger partial charge in [-0.05, 0) is 43.2 Å². The van der Waals surface area contributed by atoms with Crippen molar-refractivity contribution in [3.63, 3.8) is 0 Å². The Bertz CT molecular complexity index is 1000. The second-order valence-corrected chi connectivity index (χ2v) is 7.96. The van der Waals surface area contributed by atoms with Crippen molar-refractivity contribution in [1.29, 1.82) is 0 Å². The summed E-state index contributed by atoms with van der Waals surface area (Å²) in [5.74, 6) is 1.03. The van der Waals surface area contributed by atoms with Crippen LogP contribution >= 0.6 is 11.3 Å². The Morgan fingerprint density at radius 1 is 1.19 bits per heavy atom. The zero-order valence-electron chi connectivity index (χ0n) is 15.4. The summed E-state index contributed by atoms with van der Waals surface area (Å²) in [6.07, 6.45) is 1.59. The van der Waals surface area contributed by atoms with Crippen LogP contribution in [0.2, 0.25) is 0 Å². The zero-order valence-corrected chi connectivity index (χ0v) is 17.0. The normalized spacial score (nSPS) is 11.9. The van der Waals surface area contributed by atoms with Crippen molar-refractivity contribution in [3.05, 3.63) is 41.7 Å². The van der Waals surface area contributed by atoms with Gasteiger partial charge in [0.25, 0.3) is 0 Å². The Kier molecular flexibility index (Phi) is 5.62. The number of thiazole rings is 1. The lowest BCUT2D eigenvalue weighted by Gasteiger charge is -2.13. The summed E-state index contributed by atoms with van der Waals surface area (Å²) in [4.78, 5) is 9.87. The minimum Gasteiger partial charge on any atom is -0.495 e. The molecule has 27 heavy (non-hydrogen) atoms. The molecule has 142 valence electrons. The van der Waals surface area contributed by atoms with Crippen LogP contribution in [0.25, 0.3) is 10.4 Å². The van der Waals surface area contributed by atoms with Gasteiger partial charge in [0, 0.05) is 6.07 Å². The first kappa shape index (κ1) is 19.1. The third kappa shape index (κ3) is 4.04. The molecule has 0 aliphatic rings. The molecular weight excluding hydrogens is 384 g/mol. The number of nitrogen functional groups attached to an aromatic ring is 1. The van der Waals surface area contributed by atoms with Gasteiger partial charge < -0.3 is 15.2 Å². The van der Waals surface area contributed by atoms with Gasteiger partial charge in [0.2, 0.25) is 5.88 Å². The van der Waals surface area contributed by atoms with Crippen molar-refractivity contribution in [2.24, 2.45) is 0 Å². The summed E-state index contributed by atoms with van der Waals surface area (Å²) in [5.41, 5.74) is 9.05. The quantitative estimate of drug-likeness (QED) is 0.652. The van der Waals surface area contributed by atoms with Gasteiger partial charge in [-0.3, -0.25) is 4.72 Å². The van der Waals surface area contributed by atoms with E-state index in [0.29, 0.717) is 27.3 Å². The molecule has 3 aromatic rings. The number of anilines is 2. The lowest BCUT2D eigenvalue weighted by molar-refractivity contribution is 0.397. The smallest absolute Gasteiger partial charge is 0.213 e. The number of methoxy groups -OCH3 is 2. The number of ether oxygens (including phenoxy) is 2. The number of hydrogen-bond donors (Lipinski definition) is 2. The Hall–Kier alpha value is -2.65. The number of benzene rings is 1. The maximum atomic E-state index is 13.0. The fourth-order valence-electron chi connectivity index (χ4n) is 2.55. The maximum absolute atomic E-state index is 13.0. The average Bonchev–Trinajstić information content (AvgIpc) is 3.00. The van der Waals surface area contributed by atoms with E-state index in [1.807, 2.05) is 26.0 Å². The molecule has 0 spiro atoms. The van der Waals surface area contributed by atoms with Crippen LogP contribution in [0.4, 0.5) is 10.8 Å². The minimum atomic E-state index is -1.55. The molecule has 0 fully saturated rings. The fraction of sp³-hybridized carbons (Fsp3) is 0.222. The number of nitrogens with one attached hydrogen (secondary N) is 1. The van der Waals surface area contributed by atoms with E-state index in [-0.39, 0.29) is 0 Å². The SMILES string of the molecule is COc1cc(C)c(NS(=O)c2cc(-c3sc(N)nc3C)ccc2OC)cn1. The van der Waals surface area contributed by atoms with Crippen LogP contribution in [0.5, 0.6) is 11.6 Å². The standard InChI is InChI=1S/C18H20N4O3S2/c1-10-7-16(25-4)20-9-13(10)22-27(23)15-8-12(5-6-14(15)24-3)17-11(2)21-18(19)26-17/h5-9,22H,1-4H3,(H2,19,21). The fourth-order valence-corrected chi connectivity index (χ4v) is 4.47. The number of hydrogen-bond acceptors (Lipinski definition) is 7. The average molecular weight is 405 g/mol. The molecule has 3 rings (SSSR count). The van der Waals surface area contributed by atoms with Crippen molar-refractivity contribution < 1.29 is 13.7 Å². The molecule has 0 aliphatic heterocycles. The van der Waals surface area contributed by atoms with Crippen molar-refractivity contribution in [1.82, 2.24) is 9.97 Å².